The number of nitrogen functional groups attached to an aromatic ring is 1. The van der Waals surface area contributed by atoms with Crippen molar-refractivity contribution in [3.05, 3.63) is 60.6 Å². The van der Waals surface area contributed by atoms with Crippen molar-refractivity contribution in [2.24, 2.45) is 5.73 Å². The Morgan fingerprint density at radius 2 is 1.93 bits per heavy atom. The Bertz CT molecular complexity index is 1090. The van der Waals surface area contributed by atoms with Crippen molar-refractivity contribution in [2.45, 2.75) is 31.5 Å². The average molecular weight is 359 g/mol. The molecule has 1 saturated carbocycles. The van der Waals surface area contributed by atoms with Crippen molar-refractivity contribution in [3.63, 3.8) is 0 Å². The molecule has 0 spiro atoms. The molecule has 0 atom stereocenters. The zero-order chi connectivity index (χ0) is 18.4. The van der Waals surface area contributed by atoms with Gasteiger partial charge in [0.15, 0.2) is 0 Å². The van der Waals surface area contributed by atoms with E-state index in [-0.39, 0.29) is 6.04 Å². The molecule has 5 rings (SSSR count). The first-order valence-electron chi connectivity index (χ1n) is 9.14. The molecule has 0 radical (unpaired) electrons. The van der Waals surface area contributed by atoms with Crippen LogP contribution in [0.3, 0.4) is 0 Å². The third-order valence-electron chi connectivity index (χ3n) is 5.24. The highest BCUT2D eigenvalue weighted by Crippen LogP contribution is 2.37. The summed E-state index contributed by atoms with van der Waals surface area (Å²) in [4.78, 5) is 4.27. The summed E-state index contributed by atoms with van der Waals surface area (Å²) in [5.41, 5.74) is 16.2. The van der Waals surface area contributed by atoms with E-state index in [4.69, 9.17) is 16.6 Å². The van der Waals surface area contributed by atoms with Gasteiger partial charge in [-0.3, -0.25) is 9.36 Å². The summed E-state index contributed by atoms with van der Waals surface area (Å²) in [6.07, 6.45) is 7.46. The molecule has 27 heavy (non-hydrogen) atoms. The second-order valence-electron chi connectivity index (χ2n) is 7.18. The summed E-state index contributed by atoms with van der Waals surface area (Å²) in [7, 11) is 0. The predicted molar refractivity (Wildman–Crippen MR) is 105 cm³/mol. The van der Waals surface area contributed by atoms with E-state index in [1.807, 2.05) is 41.3 Å². The van der Waals surface area contributed by atoms with E-state index in [9.17, 15) is 0 Å². The Balaban J connectivity index is 1.55. The number of rotatable bonds is 4. The van der Waals surface area contributed by atoms with Gasteiger partial charge in [0.05, 0.1) is 29.7 Å². The smallest absolute Gasteiger partial charge is 0.135 e. The molecule has 0 unspecified atom stereocenters. The first kappa shape index (κ1) is 16.0. The summed E-state index contributed by atoms with van der Waals surface area (Å²) in [6.45, 7) is 0.713. The molecule has 3 aromatic heterocycles. The third kappa shape index (κ3) is 2.76. The molecule has 1 aromatic carbocycles. The van der Waals surface area contributed by atoms with E-state index in [1.165, 1.54) is 5.56 Å². The van der Waals surface area contributed by atoms with E-state index in [0.717, 1.165) is 35.0 Å². The Labute approximate surface area is 156 Å². The van der Waals surface area contributed by atoms with Crippen molar-refractivity contribution < 1.29 is 0 Å². The van der Waals surface area contributed by atoms with Crippen LogP contribution in [0.25, 0.3) is 22.2 Å². The monoisotopic (exact) mass is 359 g/mol. The largest absolute Gasteiger partial charge is 0.383 e. The molecule has 0 aliphatic heterocycles. The van der Waals surface area contributed by atoms with Gasteiger partial charge in [-0.1, -0.05) is 30.3 Å². The number of benzene rings is 1. The molecule has 1 aliphatic rings. The van der Waals surface area contributed by atoms with E-state index >= 15 is 0 Å². The van der Waals surface area contributed by atoms with Gasteiger partial charge in [-0.2, -0.15) is 10.2 Å². The van der Waals surface area contributed by atoms with Crippen LogP contribution in [0.2, 0.25) is 0 Å². The fourth-order valence-corrected chi connectivity index (χ4v) is 3.77. The molecule has 136 valence electrons. The van der Waals surface area contributed by atoms with Crippen LogP contribution >= 0.6 is 0 Å². The number of hydrogen-bond acceptors (Lipinski definition) is 5. The maximum absolute atomic E-state index is 6.21. The highest BCUT2D eigenvalue weighted by atomic mass is 15.3. The van der Waals surface area contributed by atoms with Gasteiger partial charge >= 0.3 is 0 Å². The number of pyridine rings is 1. The lowest BCUT2D eigenvalue weighted by Crippen LogP contribution is -2.38. The third-order valence-corrected chi connectivity index (χ3v) is 5.24. The van der Waals surface area contributed by atoms with E-state index in [1.54, 1.807) is 6.20 Å². The minimum absolute atomic E-state index is 0.255. The molecule has 4 N–H and O–H groups in total. The van der Waals surface area contributed by atoms with Crippen LogP contribution < -0.4 is 11.5 Å². The Kier molecular flexibility index (Phi) is 3.68. The molecule has 7 heteroatoms. The van der Waals surface area contributed by atoms with Crippen LogP contribution in [-0.2, 0) is 6.54 Å². The lowest BCUT2D eigenvalue weighted by Gasteiger charge is -2.32. The Hall–Kier alpha value is -3.19. The van der Waals surface area contributed by atoms with Gasteiger partial charge < -0.3 is 11.5 Å². The van der Waals surface area contributed by atoms with Crippen molar-refractivity contribution in [1.29, 1.82) is 0 Å². The van der Waals surface area contributed by atoms with Gasteiger partial charge in [-0.15, -0.1) is 0 Å². The Morgan fingerprint density at radius 3 is 2.70 bits per heavy atom. The van der Waals surface area contributed by atoms with E-state index in [2.05, 4.69) is 26.9 Å². The summed E-state index contributed by atoms with van der Waals surface area (Å²) >= 11 is 0. The lowest BCUT2D eigenvalue weighted by molar-refractivity contribution is 0.254. The van der Waals surface area contributed by atoms with Gasteiger partial charge in [-0.25, -0.2) is 4.98 Å². The standard InChI is InChI=1S/C20H21N7/c21-15-8-16(9-15)27-17-6-7-23-20(22)18(17)19(25-27)14-10-24-26(12-14)11-13-4-2-1-3-5-13/h1-7,10,12,15-16H,8-9,11,21H2,(H2,22,23). The summed E-state index contributed by atoms with van der Waals surface area (Å²) in [6, 6.07) is 12.8. The van der Waals surface area contributed by atoms with Crippen LogP contribution in [0.5, 0.6) is 0 Å². The van der Waals surface area contributed by atoms with E-state index < -0.39 is 0 Å². The van der Waals surface area contributed by atoms with Crippen molar-refractivity contribution in [1.82, 2.24) is 24.5 Å². The number of aromatic nitrogens is 5. The van der Waals surface area contributed by atoms with Crippen LogP contribution in [0.15, 0.2) is 55.0 Å². The first-order valence-corrected chi connectivity index (χ1v) is 9.14. The lowest BCUT2D eigenvalue weighted by atomic mass is 9.88. The highest BCUT2D eigenvalue weighted by molar-refractivity contribution is 6.00. The topological polar surface area (TPSA) is 101 Å². The first-order chi connectivity index (χ1) is 13.2. The van der Waals surface area contributed by atoms with Crippen LogP contribution in [0, 0.1) is 0 Å². The van der Waals surface area contributed by atoms with E-state index in [0.29, 0.717) is 18.4 Å². The molecular formula is C20H21N7. The quantitative estimate of drug-likeness (QED) is 0.583. The summed E-state index contributed by atoms with van der Waals surface area (Å²) in [5.74, 6) is 0.494. The predicted octanol–water partition coefficient (Wildman–Crippen LogP) is 2.59. The number of nitrogens with two attached hydrogens (primary N) is 2. The molecule has 1 fully saturated rings. The molecule has 0 saturated heterocycles. The van der Waals surface area contributed by atoms with Crippen LogP contribution in [0.4, 0.5) is 5.82 Å². The van der Waals surface area contributed by atoms with Crippen molar-refractivity contribution in [2.75, 3.05) is 5.73 Å². The summed E-state index contributed by atoms with van der Waals surface area (Å²) in [5, 5.41) is 10.3. The normalized spacial score (nSPS) is 19.3. The second-order valence-corrected chi connectivity index (χ2v) is 7.18. The number of nitrogens with zero attached hydrogens (tertiary/aromatic N) is 5. The minimum atomic E-state index is 0.255. The zero-order valence-electron chi connectivity index (χ0n) is 14.9. The molecule has 7 nitrogen and oxygen atoms in total. The van der Waals surface area contributed by atoms with Crippen molar-refractivity contribution >= 4 is 16.7 Å². The molecule has 1 aliphatic carbocycles. The fraction of sp³-hybridized carbons (Fsp3) is 0.250. The average Bonchev–Trinajstić information content (AvgIpc) is 3.25. The summed E-state index contributed by atoms with van der Waals surface area (Å²) < 4.78 is 3.97. The molecule has 4 aromatic rings. The fourth-order valence-electron chi connectivity index (χ4n) is 3.77. The van der Waals surface area contributed by atoms with Gasteiger partial charge in [0, 0.05) is 24.0 Å². The number of hydrogen-bond donors (Lipinski definition) is 2. The number of fused-ring (bicyclic) bond motifs is 1. The molecule has 0 bridgehead atoms. The van der Waals surface area contributed by atoms with Crippen LogP contribution in [0.1, 0.15) is 24.4 Å². The molecular weight excluding hydrogens is 338 g/mol. The van der Waals surface area contributed by atoms with Crippen molar-refractivity contribution in [3.8, 4) is 11.3 Å². The van der Waals surface area contributed by atoms with Gasteiger partial charge in [0.25, 0.3) is 0 Å². The zero-order valence-corrected chi connectivity index (χ0v) is 14.9. The minimum Gasteiger partial charge on any atom is -0.383 e. The van der Waals surface area contributed by atoms with Crippen LogP contribution in [-0.4, -0.2) is 30.6 Å². The molecule has 3 heterocycles. The van der Waals surface area contributed by atoms with Gasteiger partial charge in [0.1, 0.15) is 11.5 Å². The highest BCUT2D eigenvalue weighted by Gasteiger charge is 2.30. The van der Waals surface area contributed by atoms with Gasteiger partial charge in [-0.05, 0) is 24.5 Å². The SMILES string of the molecule is Nc1nccc2c1c(-c1cnn(Cc3ccccc3)c1)nn2C1CC(N)C1. The van der Waals surface area contributed by atoms with Gasteiger partial charge in [0.2, 0.25) is 0 Å². The maximum Gasteiger partial charge on any atom is 0.135 e. The Morgan fingerprint density at radius 1 is 1.11 bits per heavy atom. The number of anilines is 1. The molecule has 0 amide bonds. The second kappa shape index (κ2) is 6.21. The maximum atomic E-state index is 6.21.